The van der Waals surface area contributed by atoms with Gasteiger partial charge in [0, 0.05) is 0 Å². The predicted octanol–water partition coefficient (Wildman–Crippen LogP) is -0.612. The highest BCUT2D eigenvalue weighted by atomic mass is 16.6. The number of rotatable bonds is 3. The van der Waals surface area contributed by atoms with Crippen molar-refractivity contribution >= 4 is 11.9 Å². The first-order valence-electron chi connectivity index (χ1n) is 3.69. The maximum atomic E-state index is 10.9. The number of ether oxygens (including phenoxy) is 1. The zero-order valence-electron chi connectivity index (χ0n) is 6.82. The maximum Gasteiger partial charge on any atom is 0.410 e. The molecule has 0 aromatic rings. The second kappa shape index (κ2) is 3.53. The summed E-state index contributed by atoms with van der Waals surface area (Å²) in [5.41, 5.74) is 0. The molecule has 0 spiro atoms. The van der Waals surface area contributed by atoms with Crippen molar-refractivity contribution in [2.24, 2.45) is 0 Å². The summed E-state index contributed by atoms with van der Waals surface area (Å²) in [5, 5.41) is 8.65. The van der Waals surface area contributed by atoms with Gasteiger partial charge in [0.05, 0.1) is 19.7 Å². The van der Waals surface area contributed by atoms with E-state index in [4.69, 9.17) is 9.84 Å². The monoisotopic (exact) mass is 173 g/mol. The van der Waals surface area contributed by atoms with Crippen LogP contribution >= 0.6 is 0 Å². The van der Waals surface area contributed by atoms with Gasteiger partial charge in [-0.25, -0.2) is 4.79 Å². The van der Waals surface area contributed by atoms with Crippen molar-refractivity contribution in [1.29, 1.82) is 0 Å². The first-order valence-corrected chi connectivity index (χ1v) is 3.69. The number of cyclic esters (lactones) is 1. The van der Waals surface area contributed by atoms with Crippen LogP contribution in [-0.2, 0) is 9.53 Å². The molecule has 0 aromatic heterocycles. The molecule has 1 N–H and O–H groups in total. The Bertz CT molecular complexity index is 204. The largest absolute Gasteiger partial charge is 0.442 e. The number of nitrogens with zero attached hydrogens (tertiary/aromatic N) is 1. The second-order valence-corrected chi connectivity index (χ2v) is 2.77. The van der Waals surface area contributed by atoms with Crippen molar-refractivity contribution in [1.82, 2.24) is 4.90 Å². The molecule has 0 aromatic carbocycles. The molecule has 1 heterocycles. The number of aliphatic hydroxyl groups is 1. The van der Waals surface area contributed by atoms with Crippen LogP contribution < -0.4 is 0 Å². The molecule has 1 fully saturated rings. The summed E-state index contributed by atoms with van der Waals surface area (Å²) in [6.07, 6.45) is -0.999. The van der Waals surface area contributed by atoms with E-state index in [1.807, 2.05) is 0 Å². The van der Waals surface area contributed by atoms with Gasteiger partial charge in [-0.3, -0.25) is 9.69 Å². The fourth-order valence-electron chi connectivity index (χ4n) is 1.07. The van der Waals surface area contributed by atoms with E-state index in [2.05, 4.69) is 0 Å². The Morgan fingerprint density at radius 1 is 1.83 bits per heavy atom. The average molecular weight is 173 g/mol. The van der Waals surface area contributed by atoms with Crippen LogP contribution in [0.1, 0.15) is 6.92 Å². The van der Waals surface area contributed by atoms with Crippen molar-refractivity contribution in [3.8, 4) is 0 Å². The Hall–Kier alpha value is -1.10. The molecule has 68 valence electrons. The normalized spacial score (nSPS) is 22.7. The van der Waals surface area contributed by atoms with Crippen LogP contribution in [0.25, 0.3) is 0 Å². The molecular weight excluding hydrogens is 162 g/mol. The third kappa shape index (κ3) is 1.94. The van der Waals surface area contributed by atoms with Gasteiger partial charge >= 0.3 is 6.09 Å². The van der Waals surface area contributed by atoms with Gasteiger partial charge in [-0.15, -0.1) is 0 Å². The molecule has 1 atom stereocenters. The lowest BCUT2D eigenvalue weighted by Crippen LogP contribution is -2.30. The number of Topliss-reactive ketones (excluding diaryl/α,β-unsaturated/α-hetero) is 1. The fraction of sp³-hybridized carbons (Fsp3) is 0.714. The van der Waals surface area contributed by atoms with Crippen LogP contribution in [0, 0.1) is 0 Å². The highest BCUT2D eigenvalue weighted by molar-refractivity contribution is 5.82. The molecule has 1 aliphatic heterocycles. The van der Waals surface area contributed by atoms with Gasteiger partial charge in [-0.2, -0.15) is 0 Å². The molecule has 1 amide bonds. The third-order valence-corrected chi connectivity index (χ3v) is 1.57. The minimum atomic E-state index is -0.524. The maximum absolute atomic E-state index is 10.9. The van der Waals surface area contributed by atoms with Crippen LogP contribution in [0.15, 0.2) is 0 Å². The Balaban J connectivity index is 2.46. The third-order valence-electron chi connectivity index (χ3n) is 1.57. The van der Waals surface area contributed by atoms with Crippen molar-refractivity contribution < 1.29 is 19.4 Å². The quantitative estimate of drug-likeness (QED) is 0.618. The molecular formula is C7H11NO4. The molecule has 5 nitrogen and oxygen atoms in total. The van der Waals surface area contributed by atoms with E-state index in [0.29, 0.717) is 6.54 Å². The minimum absolute atomic E-state index is 0.0648. The van der Waals surface area contributed by atoms with E-state index in [1.165, 1.54) is 11.8 Å². The lowest BCUT2D eigenvalue weighted by Gasteiger charge is -2.08. The number of hydrogen-bond donors (Lipinski definition) is 1. The van der Waals surface area contributed by atoms with Crippen LogP contribution in [0.3, 0.4) is 0 Å². The molecule has 1 unspecified atom stereocenters. The van der Waals surface area contributed by atoms with E-state index in [9.17, 15) is 9.59 Å². The Kier molecular flexibility index (Phi) is 2.65. The van der Waals surface area contributed by atoms with Crippen molar-refractivity contribution in [2.45, 2.75) is 13.0 Å². The van der Waals surface area contributed by atoms with Crippen LogP contribution in [0.4, 0.5) is 4.79 Å². The topological polar surface area (TPSA) is 66.8 Å². The van der Waals surface area contributed by atoms with Crippen molar-refractivity contribution in [3.63, 3.8) is 0 Å². The molecule has 1 saturated heterocycles. The molecule has 0 aliphatic carbocycles. The van der Waals surface area contributed by atoms with Crippen LogP contribution in [0.2, 0.25) is 0 Å². The van der Waals surface area contributed by atoms with Gasteiger partial charge in [-0.1, -0.05) is 0 Å². The number of carbonyl (C=O) groups excluding carboxylic acids is 2. The van der Waals surface area contributed by atoms with Crippen LogP contribution in [-0.4, -0.2) is 47.7 Å². The Morgan fingerprint density at radius 2 is 2.50 bits per heavy atom. The first kappa shape index (κ1) is 8.99. The minimum Gasteiger partial charge on any atom is -0.442 e. The number of carbonyl (C=O) groups is 2. The highest BCUT2D eigenvalue weighted by Crippen LogP contribution is 2.09. The lowest BCUT2D eigenvalue weighted by atomic mass is 10.3. The summed E-state index contributed by atoms with van der Waals surface area (Å²) in [4.78, 5) is 22.8. The summed E-state index contributed by atoms with van der Waals surface area (Å²) < 4.78 is 4.71. The van der Waals surface area contributed by atoms with Gasteiger partial charge in [-0.05, 0) is 6.92 Å². The van der Waals surface area contributed by atoms with Crippen molar-refractivity contribution in [3.05, 3.63) is 0 Å². The van der Waals surface area contributed by atoms with Gasteiger partial charge in [0.1, 0.15) is 11.9 Å². The average Bonchev–Trinajstić information content (AvgIpc) is 2.31. The van der Waals surface area contributed by atoms with E-state index >= 15 is 0 Å². The zero-order valence-corrected chi connectivity index (χ0v) is 6.82. The fourth-order valence-corrected chi connectivity index (χ4v) is 1.07. The molecule has 5 heteroatoms. The summed E-state index contributed by atoms with van der Waals surface area (Å²) in [5.74, 6) is -0.0921. The molecule has 12 heavy (non-hydrogen) atoms. The molecule has 0 bridgehead atoms. The number of aliphatic hydroxyl groups excluding tert-OH is 1. The number of amides is 1. The van der Waals surface area contributed by atoms with Crippen molar-refractivity contribution in [2.75, 3.05) is 19.7 Å². The van der Waals surface area contributed by atoms with Gasteiger partial charge in [0.2, 0.25) is 0 Å². The zero-order chi connectivity index (χ0) is 9.14. The number of hydrogen-bond acceptors (Lipinski definition) is 4. The predicted molar refractivity (Wildman–Crippen MR) is 39.6 cm³/mol. The van der Waals surface area contributed by atoms with Gasteiger partial charge in [0.15, 0.2) is 0 Å². The molecule has 0 saturated carbocycles. The first-order chi connectivity index (χ1) is 5.63. The summed E-state index contributed by atoms with van der Waals surface area (Å²) in [6, 6.07) is 0. The summed E-state index contributed by atoms with van der Waals surface area (Å²) >= 11 is 0. The SMILES string of the molecule is CC(=O)CN1CC(CO)OC1=O. The van der Waals surface area contributed by atoms with Gasteiger partial charge in [0.25, 0.3) is 0 Å². The van der Waals surface area contributed by atoms with E-state index < -0.39 is 12.2 Å². The lowest BCUT2D eigenvalue weighted by molar-refractivity contribution is -0.117. The smallest absolute Gasteiger partial charge is 0.410 e. The van der Waals surface area contributed by atoms with E-state index in [-0.39, 0.29) is 18.9 Å². The van der Waals surface area contributed by atoms with Crippen LogP contribution in [0.5, 0.6) is 0 Å². The summed E-state index contributed by atoms with van der Waals surface area (Å²) in [7, 11) is 0. The Morgan fingerprint density at radius 3 is 2.92 bits per heavy atom. The van der Waals surface area contributed by atoms with Gasteiger partial charge < -0.3 is 9.84 Å². The van der Waals surface area contributed by atoms with E-state index in [0.717, 1.165) is 0 Å². The molecule has 0 radical (unpaired) electrons. The highest BCUT2D eigenvalue weighted by Gasteiger charge is 2.30. The number of ketones is 1. The standard InChI is InChI=1S/C7H11NO4/c1-5(10)2-8-3-6(4-9)12-7(8)11/h6,9H,2-4H2,1H3. The second-order valence-electron chi connectivity index (χ2n) is 2.77. The molecule has 1 rings (SSSR count). The Labute approximate surface area is 69.9 Å². The van der Waals surface area contributed by atoms with E-state index in [1.54, 1.807) is 0 Å². The summed E-state index contributed by atoms with van der Waals surface area (Å²) in [6.45, 7) is 1.57. The molecule has 1 aliphatic rings.